The summed E-state index contributed by atoms with van der Waals surface area (Å²) < 4.78 is 20.9. The van der Waals surface area contributed by atoms with E-state index in [9.17, 15) is 4.39 Å². The molecule has 0 atom stereocenters. The molecule has 1 aromatic carbocycles. The van der Waals surface area contributed by atoms with Crippen LogP contribution in [0.4, 0.5) is 4.39 Å². The first-order valence-corrected chi connectivity index (χ1v) is 5.81. The molecule has 0 aliphatic carbocycles. The van der Waals surface area contributed by atoms with Crippen LogP contribution in [0.1, 0.15) is 25.5 Å². The minimum absolute atomic E-state index is 0.0975. The normalized spacial score (nSPS) is 10.9. The predicted molar refractivity (Wildman–Crippen MR) is 67.0 cm³/mol. The molecule has 0 radical (unpaired) electrons. The average molecular weight is 249 g/mol. The van der Waals surface area contributed by atoms with Crippen molar-refractivity contribution in [3.8, 4) is 11.5 Å². The van der Waals surface area contributed by atoms with Crippen LogP contribution < -0.4 is 10.5 Å². The summed E-state index contributed by atoms with van der Waals surface area (Å²) in [7, 11) is 0. The number of benzene rings is 1. The van der Waals surface area contributed by atoms with Gasteiger partial charge in [0, 0.05) is 18.2 Å². The lowest BCUT2D eigenvalue weighted by molar-refractivity contribution is 0.463. The van der Waals surface area contributed by atoms with Crippen molar-refractivity contribution < 1.29 is 9.13 Å². The lowest BCUT2D eigenvalue weighted by Gasteiger charge is -2.09. The van der Waals surface area contributed by atoms with Crippen LogP contribution in [0.5, 0.6) is 11.5 Å². The van der Waals surface area contributed by atoms with E-state index in [1.165, 1.54) is 6.07 Å². The molecule has 2 aromatic rings. The Balaban J connectivity index is 2.25. The van der Waals surface area contributed by atoms with Crippen molar-refractivity contribution in [1.29, 1.82) is 0 Å². The second kappa shape index (κ2) is 5.18. The SMILES string of the molecule is CC(C)n1cc(Oc2cccc(F)c2CN)cn1. The molecule has 0 amide bonds. The molecule has 0 aliphatic rings. The summed E-state index contributed by atoms with van der Waals surface area (Å²) >= 11 is 0. The molecule has 1 heterocycles. The number of ether oxygens (including phenoxy) is 1. The van der Waals surface area contributed by atoms with E-state index >= 15 is 0 Å². The zero-order valence-corrected chi connectivity index (χ0v) is 10.4. The number of hydrogen-bond acceptors (Lipinski definition) is 3. The van der Waals surface area contributed by atoms with E-state index in [1.807, 2.05) is 13.8 Å². The molecule has 5 heteroatoms. The Bertz CT molecular complexity index is 537. The number of rotatable bonds is 4. The van der Waals surface area contributed by atoms with Crippen LogP contribution in [0, 0.1) is 5.82 Å². The summed E-state index contributed by atoms with van der Waals surface area (Å²) in [6.45, 7) is 4.13. The monoisotopic (exact) mass is 249 g/mol. The van der Waals surface area contributed by atoms with Gasteiger partial charge in [-0.15, -0.1) is 0 Å². The summed E-state index contributed by atoms with van der Waals surface area (Å²) in [6, 6.07) is 4.91. The van der Waals surface area contributed by atoms with E-state index in [1.54, 1.807) is 29.2 Å². The topological polar surface area (TPSA) is 53.1 Å². The van der Waals surface area contributed by atoms with Crippen molar-refractivity contribution in [2.75, 3.05) is 0 Å². The summed E-state index contributed by atoms with van der Waals surface area (Å²) in [5.74, 6) is 0.649. The lowest BCUT2D eigenvalue weighted by atomic mass is 10.2. The largest absolute Gasteiger partial charge is 0.454 e. The summed E-state index contributed by atoms with van der Waals surface area (Å²) in [5, 5.41) is 4.16. The van der Waals surface area contributed by atoms with E-state index < -0.39 is 0 Å². The Hall–Kier alpha value is -1.88. The lowest BCUT2D eigenvalue weighted by Crippen LogP contribution is -2.02. The Morgan fingerprint density at radius 1 is 1.44 bits per heavy atom. The number of hydrogen-bond donors (Lipinski definition) is 1. The zero-order chi connectivity index (χ0) is 13.1. The highest BCUT2D eigenvalue weighted by Gasteiger charge is 2.10. The third-order valence-corrected chi connectivity index (χ3v) is 2.61. The van der Waals surface area contributed by atoms with Crippen molar-refractivity contribution in [2.45, 2.75) is 26.4 Å². The van der Waals surface area contributed by atoms with Gasteiger partial charge in [0.2, 0.25) is 0 Å². The smallest absolute Gasteiger partial charge is 0.165 e. The van der Waals surface area contributed by atoms with E-state index in [2.05, 4.69) is 5.10 Å². The van der Waals surface area contributed by atoms with Gasteiger partial charge in [0.05, 0.1) is 12.4 Å². The molecular formula is C13H16FN3O. The maximum Gasteiger partial charge on any atom is 0.165 e. The fourth-order valence-electron chi connectivity index (χ4n) is 1.62. The van der Waals surface area contributed by atoms with Crippen LogP contribution in [0.15, 0.2) is 30.6 Å². The molecule has 0 spiro atoms. The van der Waals surface area contributed by atoms with Gasteiger partial charge >= 0.3 is 0 Å². The molecule has 0 saturated carbocycles. The predicted octanol–water partition coefficient (Wildman–Crippen LogP) is 2.85. The molecule has 0 aliphatic heterocycles. The van der Waals surface area contributed by atoms with E-state index in [0.29, 0.717) is 17.1 Å². The van der Waals surface area contributed by atoms with Crippen LogP contribution in [-0.4, -0.2) is 9.78 Å². The second-order valence-electron chi connectivity index (χ2n) is 4.27. The molecule has 0 fully saturated rings. The first-order valence-electron chi connectivity index (χ1n) is 5.81. The first-order chi connectivity index (χ1) is 8.61. The minimum atomic E-state index is -0.355. The van der Waals surface area contributed by atoms with Gasteiger partial charge in [-0.25, -0.2) is 4.39 Å². The van der Waals surface area contributed by atoms with Gasteiger partial charge in [-0.1, -0.05) is 6.07 Å². The Kier molecular flexibility index (Phi) is 3.62. The number of nitrogens with two attached hydrogens (primary N) is 1. The maximum absolute atomic E-state index is 13.5. The average Bonchev–Trinajstić information content (AvgIpc) is 2.78. The maximum atomic E-state index is 13.5. The summed E-state index contributed by atoms with van der Waals surface area (Å²) in [6.07, 6.45) is 3.38. The van der Waals surface area contributed by atoms with E-state index in [4.69, 9.17) is 10.5 Å². The molecule has 96 valence electrons. The van der Waals surface area contributed by atoms with E-state index in [0.717, 1.165) is 0 Å². The van der Waals surface area contributed by atoms with Gasteiger partial charge in [-0.05, 0) is 26.0 Å². The van der Waals surface area contributed by atoms with Crippen molar-refractivity contribution in [1.82, 2.24) is 9.78 Å². The third-order valence-electron chi connectivity index (χ3n) is 2.61. The standard InChI is InChI=1S/C13H16FN3O/c1-9(2)17-8-10(7-16-17)18-13-5-3-4-12(14)11(13)6-15/h3-5,7-9H,6,15H2,1-2H3. The molecule has 18 heavy (non-hydrogen) atoms. The zero-order valence-electron chi connectivity index (χ0n) is 10.4. The van der Waals surface area contributed by atoms with Crippen molar-refractivity contribution in [3.05, 3.63) is 42.0 Å². The Morgan fingerprint density at radius 2 is 2.22 bits per heavy atom. The van der Waals surface area contributed by atoms with Gasteiger partial charge in [0.15, 0.2) is 5.75 Å². The quantitative estimate of drug-likeness (QED) is 0.906. The molecule has 0 saturated heterocycles. The van der Waals surface area contributed by atoms with E-state index in [-0.39, 0.29) is 18.4 Å². The first kappa shape index (κ1) is 12.6. The summed E-state index contributed by atoms with van der Waals surface area (Å²) in [5.41, 5.74) is 5.89. The van der Waals surface area contributed by atoms with Crippen molar-refractivity contribution in [2.24, 2.45) is 5.73 Å². The van der Waals surface area contributed by atoms with Crippen LogP contribution in [0.2, 0.25) is 0 Å². The number of halogens is 1. The van der Waals surface area contributed by atoms with Gasteiger partial charge in [-0.3, -0.25) is 4.68 Å². The van der Waals surface area contributed by atoms with Crippen LogP contribution in [0.3, 0.4) is 0 Å². The summed E-state index contributed by atoms with van der Waals surface area (Å²) in [4.78, 5) is 0. The van der Waals surface area contributed by atoms with Crippen LogP contribution in [0.25, 0.3) is 0 Å². The molecule has 1 aromatic heterocycles. The Morgan fingerprint density at radius 3 is 2.83 bits per heavy atom. The third kappa shape index (κ3) is 2.51. The molecule has 2 N–H and O–H groups in total. The Labute approximate surface area is 105 Å². The molecule has 2 rings (SSSR count). The molecular weight excluding hydrogens is 233 g/mol. The van der Waals surface area contributed by atoms with Crippen molar-refractivity contribution in [3.63, 3.8) is 0 Å². The van der Waals surface area contributed by atoms with Crippen molar-refractivity contribution >= 4 is 0 Å². The minimum Gasteiger partial charge on any atom is -0.454 e. The highest BCUT2D eigenvalue weighted by molar-refractivity contribution is 5.37. The van der Waals surface area contributed by atoms with Gasteiger partial charge in [0.25, 0.3) is 0 Å². The number of aromatic nitrogens is 2. The fraction of sp³-hybridized carbons (Fsp3) is 0.308. The molecule has 4 nitrogen and oxygen atoms in total. The fourth-order valence-corrected chi connectivity index (χ4v) is 1.62. The van der Waals surface area contributed by atoms with Gasteiger partial charge in [-0.2, -0.15) is 5.10 Å². The van der Waals surface area contributed by atoms with Gasteiger partial charge < -0.3 is 10.5 Å². The highest BCUT2D eigenvalue weighted by Crippen LogP contribution is 2.27. The highest BCUT2D eigenvalue weighted by atomic mass is 19.1. The van der Waals surface area contributed by atoms with Gasteiger partial charge in [0.1, 0.15) is 11.6 Å². The number of nitrogens with zero attached hydrogens (tertiary/aromatic N) is 2. The van der Waals surface area contributed by atoms with Crippen LogP contribution >= 0.6 is 0 Å². The van der Waals surface area contributed by atoms with Crippen LogP contribution in [-0.2, 0) is 6.54 Å². The second-order valence-corrected chi connectivity index (χ2v) is 4.27. The molecule has 0 bridgehead atoms. The molecule has 0 unspecified atom stereocenters.